The van der Waals surface area contributed by atoms with Crippen molar-refractivity contribution >= 4 is 47.4 Å². The molecule has 0 spiro atoms. The molecule has 8 heteroatoms. The Morgan fingerprint density at radius 2 is 1.93 bits per heavy atom. The summed E-state index contributed by atoms with van der Waals surface area (Å²) in [6.45, 7) is 3.29. The van der Waals surface area contributed by atoms with Crippen LogP contribution in [0.2, 0.25) is 5.02 Å². The lowest BCUT2D eigenvalue weighted by Crippen LogP contribution is -2.41. The Labute approximate surface area is 183 Å². The molecule has 27 heavy (non-hydrogen) atoms. The molecule has 0 aliphatic rings. The molecule has 1 unspecified atom stereocenters. The van der Waals surface area contributed by atoms with Gasteiger partial charge in [-0.25, -0.2) is 4.98 Å². The number of guanidine groups is 1. The fourth-order valence-electron chi connectivity index (χ4n) is 2.25. The molecule has 1 aromatic heterocycles. The smallest absolute Gasteiger partial charge is 0.191 e. The maximum atomic E-state index is 5.88. The number of benzene rings is 1. The van der Waals surface area contributed by atoms with Crippen LogP contribution in [0, 0.1) is 0 Å². The summed E-state index contributed by atoms with van der Waals surface area (Å²) >= 11 is 5.88. The van der Waals surface area contributed by atoms with Gasteiger partial charge in [0.1, 0.15) is 17.7 Å². The predicted molar refractivity (Wildman–Crippen MR) is 124 cm³/mol. The molecular weight excluding hydrogens is 477 g/mol. The molecule has 0 fully saturated rings. The molecule has 2 aromatic rings. The summed E-state index contributed by atoms with van der Waals surface area (Å²) < 4.78 is 5.85. The average molecular weight is 504 g/mol. The molecule has 2 N–H and O–H groups in total. The van der Waals surface area contributed by atoms with E-state index in [1.807, 2.05) is 68.5 Å². The van der Waals surface area contributed by atoms with E-state index >= 15 is 0 Å². The predicted octanol–water partition coefficient (Wildman–Crippen LogP) is 3.55. The van der Waals surface area contributed by atoms with Crippen LogP contribution in [-0.2, 0) is 6.54 Å². The average Bonchev–Trinajstić information content (AvgIpc) is 2.64. The number of nitrogens with zero attached hydrogens (tertiary/aromatic N) is 3. The summed E-state index contributed by atoms with van der Waals surface area (Å²) in [5.74, 6) is 2.44. The first-order valence-corrected chi connectivity index (χ1v) is 8.84. The topological polar surface area (TPSA) is 61.8 Å². The van der Waals surface area contributed by atoms with E-state index in [9.17, 15) is 0 Å². The fourth-order valence-corrected chi connectivity index (χ4v) is 2.38. The van der Waals surface area contributed by atoms with Crippen molar-refractivity contribution in [3.05, 3.63) is 53.2 Å². The quantitative estimate of drug-likeness (QED) is 0.344. The maximum Gasteiger partial charge on any atom is 0.191 e. The first kappa shape index (κ1) is 23.3. The third kappa shape index (κ3) is 8.21. The second kappa shape index (κ2) is 11.9. The fraction of sp³-hybridized carbons (Fsp3) is 0.368. The SMILES string of the molecule is CN=C(NCc1ccnc(N(C)C)c1)NCC(C)Oc1ccc(Cl)cc1.I. The number of hydrogen-bond acceptors (Lipinski definition) is 4. The molecule has 1 atom stereocenters. The third-order valence-electron chi connectivity index (χ3n) is 3.66. The van der Waals surface area contributed by atoms with Gasteiger partial charge < -0.3 is 20.3 Å². The van der Waals surface area contributed by atoms with Gasteiger partial charge in [-0.15, -0.1) is 24.0 Å². The van der Waals surface area contributed by atoms with Crippen molar-refractivity contribution in [2.75, 3.05) is 32.6 Å². The highest BCUT2D eigenvalue weighted by Gasteiger charge is 2.06. The van der Waals surface area contributed by atoms with Crippen molar-refractivity contribution in [3.8, 4) is 5.75 Å². The summed E-state index contributed by atoms with van der Waals surface area (Å²) in [4.78, 5) is 10.5. The minimum Gasteiger partial charge on any atom is -0.489 e. The van der Waals surface area contributed by atoms with Gasteiger partial charge in [0.05, 0.1) is 6.54 Å². The van der Waals surface area contributed by atoms with Gasteiger partial charge >= 0.3 is 0 Å². The molecule has 148 valence electrons. The Balaban J connectivity index is 0.00000364. The molecule has 6 nitrogen and oxygen atoms in total. The van der Waals surface area contributed by atoms with E-state index in [0.717, 1.165) is 23.1 Å². The lowest BCUT2D eigenvalue weighted by Gasteiger charge is -2.18. The molecule has 0 amide bonds. The van der Waals surface area contributed by atoms with Crippen LogP contribution in [0.4, 0.5) is 5.82 Å². The number of halogens is 2. The molecule has 0 bridgehead atoms. The summed E-state index contributed by atoms with van der Waals surface area (Å²) in [5, 5.41) is 7.26. The van der Waals surface area contributed by atoms with E-state index in [0.29, 0.717) is 18.1 Å². The van der Waals surface area contributed by atoms with Gasteiger partial charge in [0.2, 0.25) is 0 Å². The van der Waals surface area contributed by atoms with Gasteiger partial charge in [-0.05, 0) is 48.9 Å². The van der Waals surface area contributed by atoms with Crippen LogP contribution in [0.15, 0.2) is 47.6 Å². The van der Waals surface area contributed by atoms with Crippen molar-refractivity contribution in [1.29, 1.82) is 0 Å². The Bertz CT molecular complexity index is 724. The summed E-state index contributed by atoms with van der Waals surface area (Å²) in [7, 11) is 5.70. The van der Waals surface area contributed by atoms with Crippen LogP contribution in [0.5, 0.6) is 5.75 Å². The first-order chi connectivity index (χ1) is 12.5. The monoisotopic (exact) mass is 503 g/mol. The number of nitrogens with one attached hydrogen (secondary N) is 2. The lowest BCUT2D eigenvalue weighted by atomic mass is 10.2. The van der Waals surface area contributed by atoms with Crippen molar-refractivity contribution in [1.82, 2.24) is 15.6 Å². The summed E-state index contributed by atoms with van der Waals surface area (Å²) in [5.41, 5.74) is 1.14. The van der Waals surface area contributed by atoms with Crippen LogP contribution < -0.4 is 20.3 Å². The van der Waals surface area contributed by atoms with Gasteiger partial charge in [-0.1, -0.05) is 11.6 Å². The highest BCUT2D eigenvalue weighted by Crippen LogP contribution is 2.16. The van der Waals surface area contributed by atoms with Crippen molar-refractivity contribution < 1.29 is 4.74 Å². The molecular formula is C19H27ClIN5O. The van der Waals surface area contributed by atoms with Crippen LogP contribution in [0.25, 0.3) is 0 Å². The summed E-state index contributed by atoms with van der Waals surface area (Å²) in [6.07, 6.45) is 1.79. The molecule has 1 aromatic carbocycles. The van der Waals surface area contributed by atoms with Gasteiger partial charge in [0, 0.05) is 38.9 Å². The molecule has 0 saturated carbocycles. The van der Waals surface area contributed by atoms with Crippen molar-refractivity contribution in [3.63, 3.8) is 0 Å². The van der Waals surface area contributed by atoms with Crippen molar-refractivity contribution in [2.45, 2.75) is 19.6 Å². The molecule has 1 heterocycles. The number of pyridine rings is 1. The van der Waals surface area contributed by atoms with E-state index < -0.39 is 0 Å². The maximum absolute atomic E-state index is 5.88. The zero-order chi connectivity index (χ0) is 18.9. The Morgan fingerprint density at radius 3 is 2.56 bits per heavy atom. The Hall–Kier alpha value is -1.74. The van der Waals surface area contributed by atoms with Crippen LogP contribution in [-0.4, -0.2) is 44.7 Å². The number of aliphatic imine (C=N–C) groups is 1. The highest BCUT2D eigenvalue weighted by atomic mass is 127. The van der Waals surface area contributed by atoms with Crippen LogP contribution >= 0.6 is 35.6 Å². The first-order valence-electron chi connectivity index (χ1n) is 8.47. The Kier molecular flexibility index (Phi) is 10.2. The van der Waals surface area contributed by atoms with E-state index in [1.165, 1.54) is 0 Å². The number of rotatable bonds is 7. The second-order valence-corrected chi connectivity index (χ2v) is 6.54. The Morgan fingerprint density at radius 1 is 1.22 bits per heavy atom. The standard InChI is InChI=1S/C19H26ClN5O.HI/c1-14(26-17-7-5-16(20)6-8-17)12-23-19(21-2)24-13-15-9-10-22-18(11-15)25(3)4;/h5-11,14H,12-13H2,1-4H3,(H2,21,23,24);1H. The van der Waals surface area contributed by atoms with Crippen LogP contribution in [0.3, 0.4) is 0 Å². The van der Waals surface area contributed by atoms with Crippen molar-refractivity contribution in [2.24, 2.45) is 4.99 Å². The summed E-state index contributed by atoms with van der Waals surface area (Å²) in [6, 6.07) is 11.4. The zero-order valence-electron chi connectivity index (χ0n) is 16.1. The number of ether oxygens (including phenoxy) is 1. The molecule has 0 aliphatic carbocycles. The van der Waals surface area contributed by atoms with Gasteiger partial charge in [-0.2, -0.15) is 0 Å². The van der Waals surface area contributed by atoms with Gasteiger partial charge in [0.25, 0.3) is 0 Å². The molecule has 2 rings (SSSR count). The molecule has 0 aliphatic heterocycles. The number of aromatic nitrogens is 1. The molecule has 0 radical (unpaired) electrons. The van der Waals surface area contributed by atoms with Crippen LogP contribution in [0.1, 0.15) is 12.5 Å². The number of hydrogen-bond donors (Lipinski definition) is 2. The lowest BCUT2D eigenvalue weighted by molar-refractivity contribution is 0.224. The normalized spacial score (nSPS) is 12.0. The van der Waals surface area contributed by atoms with Gasteiger partial charge in [-0.3, -0.25) is 4.99 Å². The second-order valence-electron chi connectivity index (χ2n) is 6.11. The van der Waals surface area contributed by atoms with E-state index in [2.05, 4.69) is 20.6 Å². The minimum absolute atomic E-state index is 0. The highest BCUT2D eigenvalue weighted by molar-refractivity contribution is 14.0. The van der Waals surface area contributed by atoms with Gasteiger partial charge in [0.15, 0.2) is 5.96 Å². The zero-order valence-corrected chi connectivity index (χ0v) is 19.2. The minimum atomic E-state index is -0.0176. The van der Waals surface area contributed by atoms with E-state index in [1.54, 1.807) is 7.05 Å². The number of anilines is 1. The van der Waals surface area contributed by atoms with E-state index in [4.69, 9.17) is 16.3 Å². The van der Waals surface area contributed by atoms with E-state index in [-0.39, 0.29) is 30.1 Å². The largest absolute Gasteiger partial charge is 0.489 e. The third-order valence-corrected chi connectivity index (χ3v) is 3.91. The molecule has 0 saturated heterocycles.